The second kappa shape index (κ2) is 6.21. The van der Waals surface area contributed by atoms with Crippen LogP contribution in [-0.2, 0) is 0 Å². The van der Waals surface area contributed by atoms with Crippen molar-refractivity contribution in [3.05, 3.63) is 76.1 Å². The number of nitrogens with two attached hydrogens (primary N) is 1. The van der Waals surface area contributed by atoms with Gasteiger partial charge < -0.3 is 5.73 Å². The second-order valence-corrected chi connectivity index (χ2v) is 5.63. The van der Waals surface area contributed by atoms with Gasteiger partial charge in [0.1, 0.15) is 0 Å². The van der Waals surface area contributed by atoms with E-state index in [0.29, 0.717) is 11.4 Å². The van der Waals surface area contributed by atoms with Crippen LogP contribution in [0.15, 0.2) is 54.6 Å². The zero-order valence-electron chi connectivity index (χ0n) is 12.9. The molecule has 0 fully saturated rings. The average molecular weight is 337 g/mol. The number of nitrogens with one attached hydrogen (secondary N) is 1. The summed E-state index contributed by atoms with van der Waals surface area (Å²) < 4.78 is 3.20. The lowest BCUT2D eigenvalue weighted by atomic mass is 10.2. The van der Waals surface area contributed by atoms with E-state index in [0.717, 1.165) is 5.56 Å². The molecule has 0 bridgehead atoms. The summed E-state index contributed by atoms with van der Waals surface area (Å²) in [5.74, 6) is -0.777. The van der Waals surface area contributed by atoms with Crippen LogP contribution in [0.3, 0.4) is 0 Å². The molecule has 7 heteroatoms. The van der Waals surface area contributed by atoms with E-state index in [1.165, 1.54) is 9.25 Å². The van der Waals surface area contributed by atoms with Gasteiger partial charge in [-0.25, -0.2) is 4.68 Å². The molecule has 3 aromatic rings. The molecule has 3 rings (SSSR count). The minimum Gasteiger partial charge on any atom is -0.364 e. The van der Waals surface area contributed by atoms with E-state index >= 15 is 0 Å². The number of hydrogen-bond acceptors (Lipinski definition) is 4. The Hall–Kier alpha value is -3.06. The summed E-state index contributed by atoms with van der Waals surface area (Å²) in [6.45, 7) is 1.97. The third kappa shape index (κ3) is 2.77. The average Bonchev–Trinajstić information content (AvgIpc) is 2.57. The SMILES string of the molecule is Cc1ccc(-n2c(=N)c(C(N)=O)nn(-c3ccccc3)c2=S)cc1. The van der Waals surface area contributed by atoms with Gasteiger partial charge in [0.25, 0.3) is 5.91 Å². The van der Waals surface area contributed by atoms with Gasteiger partial charge >= 0.3 is 0 Å². The molecule has 3 N–H and O–H groups in total. The van der Waals surface area contributed by atoms with E-state index in [1.807, 2.05) is 61.5 Å². The zero-order chi connectivity index (χ0) is 17.3. The minimum absolute atomic E-state index is 0.136. The smallest absolute Gasteiger partial charge is 0.273 e. The highest BCUT2D eigenvalue weighted by Gasteiger charge is 2.15. The molecular formula is C17H15N5OS. The van der Waals surface area contributed by atoms with Gasteiger partial charge in [0.15, 0.2) is 11.2 Å². The van der Waals surface area contributed by atoms with Crippen LogP contribution in [0.4, 0.5) is 0 Å². The Morgan fingerprint density at radius 1 is 1.08 bits per heavy atom. The summed E-state index contributed by atoms with van der Waals surface area (Å²) in [5, 5.41) is 12.5. The van der Waals surface area contributed by atoms with E-state index in [9.17, 15) is 4.79 Å². The summed E-state index contributed by atoms with van der Waals surface area (Å²) in [5.41, 5.74) is 7.56. The molecule has 24 heavy (non-hydrogen) atoms. The van der Waals surface area contributed by atoms with Gasteiger partial charge in [-0.15, -0.1) is 0 Å². The molecule has 120 valence electrons. The van der Waals surface area contributed by atoms with Gasteiger partial charge in [0.05, 0.1) is 5.69 Å². The molecule has 0 saturated heterocycles. The lowest BCUT2D eigenvalue weighted by molar-refractivity contribution is 0.0991. The number of para-hydroxylation sites is 1. The highest BCUT2D eigenvalue weighted by Crippen LogP contribution is 2.11. The first-order chi connectivity index (χ1) is 11.5. The first-order valence-corrected chi connectivity index (χ1v) is 7.63. The molecule has 0 saturated carbocycles. The van der Waals surface area contributed by atoms with E-state index in [1.54, 1.807) is 0 Å². The highest BCUT2D eigenvalue weighted by molar-refractivity contribution is 7.71. The van der Waals surface area contributed by atoms with Crippen molar-refractivity contribution in [2.45, 2.75) is 6.92 Å². The fraction of sp³-hybridized carbons (Fsp3) is 0.0588. The summed E-state index contributed by atoms with van der Waals surface area (Å²) in [6, 6.07) is 16.7. The summed E-state index contributed by atoms with van der Waals surface area (Å²) in [7, 11) is 0. The van der Waals surface area contributed by atoms with Crippen LogP contribution in [0.1, 0.15) is 16.1 Å². The number of nitrogens with zero attached hydrogens (tertiary/aromatic N) is 3. The number of rotatable bonds is 3. The number of primary amides is 1. The molecule has 6 nitrogen and oxygen atoms in total. The molecule has 0 atom stereocenters. The third-order valence-electron chi connectivity index (χ3n) is 3.55. The molecule has 0 aliphatic carbocycles. The largest absolute Gasteiger partial charge is 0.364 e. The van der Waals surface area contributed by atoms with Crippen molar-refractivity contribution in [1.82, 2.24) is 14.3 Å². The Labute approximate surface area is 143 Å². The van der Waals surface area contributed by atoms with Crippen LogP contribution >= 0.6 is 12.2 Å². The van der Waals surface area contributed by atoms with Crippen LogP contribution in [0.25, 0.3) is 11.4 Å². The van der Waals surface area contributed by atoms with Crippen molar-refractivity contribution in [3.8, 4) is 11.4 Å². The van der Waals surface area contributed by atoms with Crippen LogP contribution in [-0.4, -0.2) is 20.3 Å². The maximum absolute atomic E-state index is 11.7. The normalized spacial score (nSPS) is 10.5. The van der Waals surface area contributed by atoms with Crippen LogP contribution < -0.4 is 11.2 Å². The highest BCUT2D eigenvalue weighted by atomic mass is 32.1. The zero-order valence-corrected chi connectivity index (χ0v) is 13.7. The van der Waals surface area contributed by atoms with Crippen molar-refractivity contribution < 1.29 is 4.79 Å². The van der Waals surface area contributed by atoms with Gasteiger partial charge in [0, 0.05) is 5.69 Å². The first-order valence-electron chi connectivity index (χ1n) is 7.22. The van der Waals surface area contributed by atoms with Crippen molar-refractivity contribution in [2.75, 3.05) is 0 Å². The first kappa shape index (κ1) is 15.8. The molecule has 0 spiro atoms. The van der Waals surface area contributed by atoms with Gasteiger partial charge in [-0.05, 0) is 43.4 Å². The maximum atomic E-state index is 11.7. The fourth-order valence-electron chi connectivity index (χ4n) is 2.32. The Morgan fingerprint density at radius 2 is 1.71 bits per heavy atom. The molecule has 0 aliphatic heterocycles. The molecule has 0 aliphatic rings. The Morgan fingerprint density at radius 3 is 2.29 bits per heavy atom. The van der Waals surface area contributed by atoms with E-state index in [4.69, 9.17) is 23.4 Å². The predicted molar refractivity (Wildman–Crippen MR) is 92.8 cm³/mol. The monoisotopic (exact) mass is 337 g/mol. The molecule has 0 radical (unpaired) electrons. The third-order valence-corrected chi connectivity index (χ3v) is 3.90. The van der Waals surface area contributed by atoms with Gasteiger partial charge in [-0.3, -0.25) is 14.8 Å². The van der Waals surface area contributed by atoms with Crippen LogP contribution in [0.2, 0.25) is 0 Å². The van der Waals surface area contributed by atoms with E-state index < -0.39 is 5.91 Å². The summed E-state index contributed by atoms with van der Waals surface area (Å²) >= 11 is 5.51. The van der Waals surface area contributed by atoms with Crippen molar-refractivity contribution in [2.24, 2.45) is 5.73 Å². The molecule has 2 aromatic carbocycles. The standard InChI is InChI=1S/C17H15N5OS/c1-11-7-9-12(10-8-11)21-15(18)14(16(19)23)20-22(17(21)24)13-5-3-2-4-6-13/h2-10,18H,1H3,(H2,19,23). The predicted octanol–water partition coefficient (Wildman–Crippen LogP) is 2.28. The van der Waals surface area contributed by atoms with Gasteiger partial charge in [-0.1, -0.05) is 35.9 Å². The summed E-state index contributed by atoms with van der Waals surface area (Å²) in [4.78, 5) is 11.7. The topological polar surface area (TPSA) is 89.7 Å². The van der Waals surface area contributed by atoms with Crippen LogP contribution in [0.5, 0.6) is 0 Å². The Bertz CT molecular complexity index is 1020. The van der Waals surface area contributed by atoms with Gasteiger partial charge in [0.2, 0.25) is 4.77 Å². The molecule has 0 unspecified atom stereocenters. The van der Waals surface area contributed by atoms with Crippen molar-refractivity contribution >= 4 is 18.1 Å². The van der Waals surface area contributed by atoms with E-state index in [-0.39, 0.29) is 16.0 Å². The fourth-order valence-corrected chi connectivity index (χ4v) is 2.67. The van der Waals surface area contributed by atoms with E-state index in [2.05, 4.69) is 5.10 Å². The molecule has 1 heterocycles. The second-order valence-electron chi connectivity index (χ2n) is 5.26. The van der Waals surface area contributed by atoms with Crippen molar-refractivity contribution in [1.29, 1.82) is 5.41 Å². The number of aromatic nitrogens is 3. The lowest BCUT2D eigenvalue weighted by Gasteiger charge is -2.14. The number of hydrogen-bond donors (Lipinski definition) is 2. The molecule has 1 amide bonds. The Kier molecular flexibility index (Phi) is 4.09. The quantitative estimate of drug-likeness (QED) is 0.719. The summed E-state index contributed by atoms with van der Waals surface area (Å²) in [6.07, 6.45) is 0. The molecule has 1 aromatic heterocycles. The van der Waals surface area contributed by atoms with Gasteiger partial charge in [-0.2, -0.15) is 5.10 Å². The number of amides is 1. The number of benzene rings is 2. The number of carbonyl (C=O) groups is 1. The Balaban J connectivity index is 2.38. The van der Waals surface area contributed by atoms with Crippen molar-refractivity contribution in [3.63, 3.8) is 0 Å². The number of aryl methyl sites for hydroxylation is 1. The lowest BCUT2D eigenvalue weighted by Crippen LogP contribution is -2.34. The molecular weight excluding hydrogens is 322 g/mol. The minimum atomic E-state index is -0.777. The maximum Gasteiger partial charge on any atom is 0.273 e. The number of carbonyl (C=O) groups excluding carboxylic acids is 1. The van der Waals surface area contributed by atoms with Crippen LogP contribution in [0, 0.1) is 17.1 Å².